The van der Waals surface area contributed by atoms with E-state index < -0.39 is 27.8 Å². The topological polar surface area (TPSA) is 66.0 Å². The van der Waals surface area contributed by atoms with E-state index in [1.165, 1.54) is 0 Å². The molecule has 0 spiro atoms. The monoisotopic (exact) mass is 362 g/mol. The molecule has 0 bridgehead atoms. The van der Waals surface area contributed by atoms with Gasteiger partial charge in [-0.15, -0.1) is 0 Å². The zero-order valence-corrected chi connectivity index (χ0v) is 18.7. The quantitative estimate of drug-likeness (QED) is 0.527. The van der Waals surface area contributed by atoms with Crippen molar-refractivity contribution >= 4 is 16.6 Å². The zero-order valence-electron chi connectivity index (χ0n) is 16.7. The van der Waals surface area contributed by atoms with Gasteiger partial charge in [0.2, 0.25) is 0 Å². The molecular weight excluding hydrogens is 332 g/mol. The summed E-state index contributed by atoms with van der Waals surface area (Å²) >= 11 is 0. The standard InChI is InChI=1S/C18H30N2O2Si2/c1-13-14(2)18(12-20,22-24(8,9)10)16(4)15(3)17(13,11-19)21-23(5,6)7/h1-10H3. The van der Waals surface area contributed by atoms with Crippen LogP contribution < -0.4 is 0 Å². The first-order valence-electron chi connectivity index (χ1n) is 8.26. The third-order valence-electron chi connectivity index (χ3n) is 4.47. The van der Waals surface area contributed by atoms with E-state index in [-0.39, 0.29) is 0 Å². The molecule has 4 nitrogen and oxygen atoms in total. The van der Waals surface area contributed by atoms with Gasteiger partial charge in [-0.05, 0) is 89.3 Å². The van der Waals surface area contributed by atoms with Crippen LogP contribution in [-0.2, 0) is 8.85 Å². The summed E-state index contributed by atoms with van der Waals surface area (Å²) in [5.41, 5.74) is 0.958. The van der Waals surface area contributed by atoms with Gasteiger partial charge in [0, 0.05) is 0 Å². The Bertz CT molecular complexity index is 596. The van der Waals surface area contributed by atoms with Gasteiger partial charge >= 0.3 is 0 Å². The van der Waals surface area contributed by atoms with Crippen molar-refractivity contribution in [2.75, 3.05) is 0 Å². The highest BCUT2D eigenvalue weighted by Crippen LogP contribution is 2.48. The Labute approximate surface area is 149 Å². The fourth-order valence-corrected chi connectivity index (χ4v) is 5.77. The van der Waals surface area contributed by atoms with Crippen molar-refractivity contribution in [2.45, 2.75) is 78.2 Å². The second-order valence-corrected chi connectivity index (χ2v) is 17.4. The Morgan fingerprint density at radius 2 is 0.833 bits per heavy atom. The van der Waals surface area contributed by atoms with Crippen molar-refractivity contribution in [2.24, 2.45) is 0 Å². The number of hydrogen-bond donors (Lipinski definition) is 0. The van der Waals surface area contributed by atoms with E-state index in [9.17, 15) is 10.5 Å². The lowest BCUT2D eigenvalue weighted by Crippen LogP contribution is -2.53. The maximum Gasteiger partial charge on any atom is 0.188 e. The summed E-state index contributed by atoms with van der Waals surface area (Å²) in [7, 11) is -3.98. The Morgan fingerprint density at radius 1 is 0.625 bits per heavy atom. The summed E-state index contributed by atoms with van der Waals surface area (Å²) in [6, 6.07) is 4.80. The van der Waals surface area contributed by atoms with Crippen LogP contribution in [0.4, 0.5) is 0 Å². The minimum Gasteiger partial charge on any atom is -0.394 e. The Kier molecular flexibility index (Phi) is 5.45. The van der Waals surface area contributed by atoms with Crippen molar-refractivity contribution in [1.82, 2.24) is 0 Å². The summed E-state index contributed by atoms with van der Waals surface area (Å²) in [5.74, 6) is 0. The van der Waals surface area contributed by atoms with Crippen LogP contribution in [0, 0.1) is 22.7 Å². The van der Waals surface area contributed by atoms with Crippen LogP contribution in [0.1, 0.15) is 27.7 Å². The van der Waals surface area contributed by atoms with Crippen LogP contribution in [-0.4, -0.2) is 27.8 Å². The van der Waals surface area contributed by atoms with E-state index in [1.807, 2.05) is 27.7 Å². The van der Waals surface area contributed by atoms with Gasteiger partial charge in [-0.3, -0.25) is 0 Å². The first kappa shape index (κ1) is 20.9. The van der Waals surface area contributed by atoms with Crippen molar-refractivity contribution in [1.29, 1.82) is 10.5 Å². The molecule has 0 amide bonds. The molecule has 0 saturated carbocycles. The fourth-order valence-electron chi connectivity index (χ4n) is 3.22. The molecule has 0 radical (unpaired) electrons. The molecule has 0 aliphatic heterocycles. The molecule has 6 heteroatoms. The predicted octanol–water partition coefficient (Wildman–Crippen LogP) is 4.90. The predicted molar refractivity (Wildman–Crippen MR) is 102 cm³/mol. The fraction of sp³-hybridized carbons (Fsp3) is 0.667. The van der Waals surface area contributed by atoms with Crippen molar-refractivity contribution in [3.63, 3.8) is 0 Å². The molecule has 132 valence electrons. The molecule has 0 atom stereocenters. The molecule has 0 fully saturated rings. The van der Waals surface area contributed by atoms with E-state index in [1.54, 1.807) is 0 Å². The van der Waals surface area contributed by atoms with E-state index in [0.717, 1.165) is 22.3 Å². The SMILES string of the molecule is CC1=C(C)C(C#N)(O[Si](C)(C)C)C(C)=C(C)C1(C#N)O[Si](C)(C)C. The second-order valence-electron chi connectivity index (χ2n) is 8.51. The van der Waals surface area contributed by atoms with Crippen LogP contribution >= 0.6 is 0 Å². The number of nitriles is 2. The van der Waals surface area contributed by atoms with E-state index in [2.05, 4.69) is 51.4 Å². The van der Waals surface area contributed by atoms with Gasteiger partial charge in [-0.25, -0.2) is 0 Å². The highest BCUT2D eigenvalue weighted by Gasteiger charge is 2.53. The van der Waals surface area contributed by atoms with Crippen molar-refractivity contribution < 1.29 is 8.85 Å². The zero-order chi connectivity index (χ0) is 19.1. The lowest BCUT2D eigenvalue weighted by atomic mass is 9.70. The number of hydrogen-bond acceptors (Lipinski definition) is 4. The van der Waals surface area contributed by atoms with Gasteiger partial charge in [0.15, 0.2) is 27.8 Å². The Hall–Kier alpha value is -1.19. The highest BCUT2D eigenvalue weighted by atomic mass is 28.4. The largest absolute Gasteiger partial charge is 0.394 e. The highest BCUT2D eigenvalue weighted by molar-refractivity contribution is 6.70. The van der Waals surface area contributed by atoms with E-state index in [0.29, 0.717) is 0 Å². The molecule has 0 saturated heterocycles. The normalized spacial score (nSPS) is 28.7. The van der Waals surface area contributed by atoms with E-state index >= 15 is 0 Å². The molecule has 0 aromatic carbocycles. The summed E-state index contributed by atoms with van der Waals surface area (Å²) in [6.45, 7) is 20.0. The van der Waals surface area contributed by atoms with Crippen molar-refractivity contribution in [3.05, 3.63) is 22.3 Å². The minimum absolute atomic E-state index is 0.787. The van der Waals surface area contributed by atoms with Crippen molar-refractivity contribution in [3.8, 4) is 12.1 Å². The number of rotatable bonds is 4. The lowest BCUT2D eigenvalue weighted by Gasteiger charge is -2.46. The Balaban J connectivity index is 3.75. The number of nitrogens with zero attached hydrogens (tertiary/aromatic N) is 2. The van der Waals surface area contributed by atoms with Gasteiger partial charge in [-0.1, -0.05) is 0 Å². The molecule has 0 N–H and O–H groups in total. The molecule has 0 unspecified atom stereocenters. The smallest absolute Gasteiger partial charge is 0.188 e. The van der Waals surface area contributed by atoms with Gasteiger partial charge in [-0.2, -0.15) is 10.5 Å². The summed E-state index contributed by atoms with van der Waals surface area (Å²) in [4.78, 5) is 0. The lowest BCUT2D eigenvalue weighted by molar-refractivity contribution is 0.148. The molecule has 0 heterocycles. The van der Waals surface area contributed by atoms with Crippen LogP contribution in [0.5, 0.6) is 0 Å². The van der Waals surface area contributed by atoms with Gasteiger partial charge in [0.1, 0.15) is 12.1 Å². The molecule has 0 aromatic rings. The first-order valence-corrected chi connectivity index (χ1v) is 15.1. The van der Waals surface area contributed by atoms with Crippen LogP contribution in [0.3, 0.4) is 0 Å². The summed E-state index contributed by atoms with van der Waals surface area (Å²) in [5, 5.41) is 20.0. The average molecular weight is 363 g/mol. The third kappa shape index (κ3) is 3.43. The van der Waals surface area contributed by atoms with Crippen LogP contribution in [0.15, 0.2) is 22.3 Å². The van der Waals surface area contributed by atoms with Crippen LogP contribution in [0.2, 0.25) is 39.3 Å². The average Bonchev–Trinajstić information content (AvgIpc) is 2.44. The minimum atomic E-state index is -1.99. The van der Waals surface area contributed by atoms with Gasteiger partial charge in [0.05, 0.1) is 0 Å². The molecule has 1 aliphatic rings. The molecule has 0 aromatic heterocycles. The molecule has 24 heavy (non-hydrogen) atoms. The Morgan fingerprint density at radius 3 is 0.958 bits per heavy atom. The molecule has 1 rings (SSSR count). The maximum atomic E-state index is 10.0. The van der Waals surface area contributed by atoms with Gasteiger partial charge in [0.25, 0.3) is 0 Å². The van der Waals surface area contributed by atoms with Crippen LogP contribution in [0.25, 0.3) is 0 Å². The first-order chi connectivity index (χ1) is 10.7. The second kappa shape index (κ2) is 6.27. The summed E-state index contributed by atoms with van der Waals surface area (Å²) in [6.07, 6.45) is 0. The third-order valence-corrected chi connectivity index (χ3v) is 6.31. The maximum absolute atomic E-state index is 10.0. The van der Waals surface area contributed by atoms with E-state index in [4.69, 9.17) is 8.85 Å². The van der Waals surface area contributed by atoms with Gasteiger partial charge < -0.3 is 8.85 Å². The molecule has 1 aliphatic carbocycles. The molecular formula is C18H30N2O2Si2. The summed E-state index contributed by atoms with van der Waals surface area (Å²) < 4.78 is 12.7.